The zero-order chi connectivity index (χ0) is 18.7. The normalized spacial score (nSPS) is 11.0. The van der Waals surface area contributed by atoms with E-state index in [9.17, 15) is 9.59 Å². The highest BCUT2D eigenvalue weighted by Crippen LogP contribution is 2.19. The van der Waals surface area contributed by atoms with Crippen LogP contribution in [-0.4, -0.2) is 21.7 Å². The fraction of sp³-hybridized carbons (Fsp3) is 0.316. The standard InChI is InChI=1S/C19H21N3O3S/c1-12-13(2)25-18-17(12)19(24)22(11-21-18)9-8-16(23)20-10-14-4-6-15(26-3)7-5-14/h4-7,11H,8-10H2,1-3H3,(H,20,23). The van der Waals surface area contributed by atoms with Gasteiger partial charge in [0.2, 0.25) is 11.6 Å². The third-order valence-corrected chi connectivity index (χ3v) is 5.13. The first kappa shape index (κ1) is 18.3. The van der Waals surface area contributed by atoms with Crippen molar-refractivity contribution < 1.29 is 9.21 Å². The summed E-state index contributed by atoms with van der Waals surface area (Å²) in [5.74, 6) is 0.582. The Hall–Kier alpha value is -2.54. The molecule has 0 saturated heterocycles. The predicted octanol–water partition coefficient (Wildman–Crippen LogP) is 3.03. The molecule has 0 fully saturated rings. The fourth-order valence-corrected chi connectivity index (χ4v) is 3.09. The zero-order valence-electron chi connectivity index (χ0n) is 15.0. The Kier molecular flexibility index (Phi) is 5.46. The van der Waals surface area contributed by atoms with Crippen molar-refractivity contribution in [3.8, 4) is 0 Å². The van der Waals surface area contributed by atoms with E-state index in [0.29, 0.717) is 23.4 Å². The van der Waals surface area contributed by atoms with Crippen LogP contribution in [0, 0.1) is 13.8 Å². The molecule has 1 N–H and O–H groups in total. The number of carbonyl (C=O) groups is 1. The number of carbonyl (C=O) groups excluding carboxylic acids is 1. The SMILES string of the molecule is CSc1ccc(CNC(=O)CCn2cnc3oc(C)c(C)c3c2=O)cc1. The molecular weight excluding hydrogens is 350 g/mol. The van der Waals surface area contributed by atoms with Crippen molar-refractivity contribution >= 4 is 28.8 Å². The maximum atomic E-state index is 12.5. The van der Waals surface area contributed by atoms with E-state index in [-0.39, 0.29) is 24.4 Å². The van der Waals surface area contributed by atoms with Crippen LogP contribution in [0.5, 0.6) is 0 Å². The summed E-state index contributed by atoms with van der Waals surface area (Å²) >= 11 is 1.68. The molecule has 0 aliphatic heterocycles. The molecule has 26 heavy (non-hydrogen) atoms. The smallest absolute Gasteiger partial charge is 0.264 e. The van der Waals surface area contributed by atoms with Gasteiger partial charge in [-0.25, -0.2) is 4.98 Å². The van der Waals surface area contributed by atoms with Gasteiger partial charge in [0, 0.05) is 30.0 Å². The third-order valence-electron chi connectivity index (χ3n) is 4.38. The summed E-state index contributed by atoms with van der Waals surface area (Å²) in [7, 11) is 0. The van der Waals surface area contributed by atoms with Gasteiger partial charge in [0.05, 0.1) is 0 Å². The number of nitrogens with one attached hydrogen (secondary N) is 1. The highest BCUT2D eigenvalue weighted by Gasteiger charge is 2.14. The minimum absolute atomic E-state index is 0.106. The van der Waals surface area contributed by atoms with Crippen LogP contribution in [0.25, 0.3) is 11.1 Å². The van der Waals surface area contributed by atoms with Crippen molar-refractivity contribution in [1.29, 1.82) is 0 Å². The van der Waals surface area contributed by atoms with E-state index in [4.69, 9.17) is 4.42 Å². The van der Waals surface area contributed by atoms with E-state index in [0.717, 1.165) is 11.1 Å². The molecule has 1 aromatic carbocycles. The molecule has 7 heteroatoms. The lowest BCUT2D eigenvalue weighted by molar-refractivity contribution is -0.121. The second-order valence-electron chi connectivity index (χ2n) is 6.08. The van der Waals surface area contributed by atoms with Crippen LogP contribution in [0.4, 0.5) is 0 Å². The number of hydrogen-bond acceptors (Lipinski definition) is 5. The molecule has 3 aromatic rings. The summed E-state index contributed by atoms with van der Waals surface area (Å²) < 4.78 is 6.91. The van der Waals surface area contributed by atoms with Gasteiger partial charge in [-0.1, -0.05) is 12.1 Å². The molecule has 1 amide bonds. The number of thioether (sulfide) groups is 1. The lowest BCUT2D eigenvalue weighted by atomic mass is 10.2. The molecule has 0 atom stereocenters. The van der Waals surface area contributed by atoms with Gasteiger partial charge in [0.25, 0.3) is 5.56 Å². The number of furan rings is 1. The maximum Gasteiger partial charge on any atom is 0.264 e. The maximum absolute atomic E-state index is 12.5. The van der Waals surface area contributed by atoms with Gasteiger partial charge in [-0.2, -0.15) is 0 Å². The number of amides is 1. The minimum atomic E-state index is -0.176. The van der Waals surface area contributed by atoms with Crippen molar-refractivity contribution in [3.63, 3.8) is 0 Å². The second-order valence-corrected chi connectivity index (χ2v) is 6.96. The summed E-state index contributed by atoms with van der Waals surface area (Å²) in [6, 6.07) is 8.06. The number of rotatable bonds is 6. The Bertz CT molecular complexity index is 990. The van der Waals surface area contributed by atoms with Crippen molar-refractivity contribution in [2.45, 2.75) is 38.3 Å². The number of fused-ring (bicyclic) bond motifs is 1. The molecule has 0 aliphatic carbocycles. The first-order valence-electron chi connectivity index (χ1n) is 8.34. The van der Waals surface area contributed by atoms with Gasteiger partial charge < -0.3 is 9.73 Å². The molecule has 136 valence electrons. The summed E-state index contributed by atoms with van der Waals surface area (Å²) in [6.45, 7) is 4.39. The van der Waals surface area contributed by atoms with Gasteiger partial charge in [-0.15, -0.1) is 11.8 Å². The topological polar surface area (TPSA) is 77.1 Å². The van der Waals surface area contributed by atoms with Gasteiger partial charge in [0.1, 0.15) is 17.5 Å². The second kappa shape index (κ2) is 7.78. The first-order chi connectivity index (χ1) is 12.5. The van der Waals surface area contributed by atoms with Gasteiger partial charge >= 0.3 is 0 Å². The molecule has 3 rings (SSSR count). The largest absolute Gasteiger partial charge is 0.443 e. The lowest BCUT2D eigenvalue weighted by Crippen LogP contribution is -2.27. The highest BCUT2D eigenvalue weighted by molar-refractivity contribution is 7.98. The van der Waals surface area contributed by atoms with Crippen LogP contribution >= 0.6 is 11.8 Å². The Morgan fingerprint density at radius 2 is 2.00 bits per heavy atom. The van der Waals surface area contributed by atoms with Crippen molar-refractivity contribution in [1.82, 2.24) is 14.9 Å². The van der Waals surface area contributed by atoms with Crippen LogP contribution < -0.4 is 10.9 Å². The molecule has 0 unspecified atom stereocenters. The van der Waals surface area contributed by atoms with E-state index >= 15 is 0 Å². The minimum Gasteiger partial charge on any atom is -0.443 e. The highest BCUT2D eigenvalue weighted by atomic mass is 32.2. The van der Waals surface area contributed by atoms with E-state index in [1.54, 1.807) is 18.7 Å². The number of aryl methyl sites for hydroxylation is 3. The summed E-state index contributed by atoms with van der Waals surface area (Å²) in [5.41, 5.74) is 2.01. The molecule has 0 bridgehead atoms. The number of hydrogen-bond donors (Lipinski definition) is 1. The summed E-state index contributed by atoms with van der Waals surface area (Å²) in [4.78, 5) is 30.0. The Labute approximate surface area is 155 Å². The molecule has 0 saturated carbocycles. The predicted molar refractivity (Wildman–Crippen MR) is 102 cm³/mol. The molecule has 2 aromatic heterocycles. The number of aromatic nitrogens is 2. The van der Waals surface area contributed by atoms with Crippen LogP contribution in [0.2, 0.25) is 0 Å². The van der Waals surface area contributed by atoms with Crippen LogP contribution in [-0.2, 0) is 17.9 Å². The lowest BCUT2D eigenvalue weighted by Gasteiger charge is -2.07. The van der Waals surface area contributed by atoms with E-state index in [1.165, 1.54) is 15.8 Å². The average molecular weight is 371 g/mol. The molecule has 0 radical (unpaired) electrons. The molecule has 6 nitrogen and oxygen atoms in total. The molecule has 2 heterocycles. The average Bonchev–Trinajstić information content (AvgIpc) is 2.94. The Morgan fingerprint density at radius 1 is 1.27 bits per heavy atom. The number of nitrogens with zero attached hydrogens (tertiary/aromatic N) is 2. The Balaban J connectivity index is 1.60. The van der Waals surface area contributed by atoms with Crippen molar-refractivity contribution in [3.05, 3.63) is 57.8 Å². The summed E-state index contributed by atoms with van der Waals surface area (Å²) in [5, 5.41) is 3.36. The molecular formula is C19H21N3O3S. The quantitative estimate of drug-likeness (QED) is 0.674. The molecule has 0 aliphatic rings. The van der Waals surface area contributed by atoms with Crippen LogP contribution in [0.3, 0.4) is 0 Å². The fourth-order valence-electron chi connectivity index (χ4n) is 2.68. The Morgan fingerprint density at radius 3 is 2.69 bits per heavy atom. The van der Waals surface area contributed by atoms with E-state index in [2.05, 4.69) is 10.3 Å². The third kappa shape index (κ3) is 3.83. The van der Waals surface area contributed by atoms with Crippen molar-refractivity contribution in [2.24, 2.45) is 0 Å². The van der Waals surface area contributed by atoms with E-state index in [1.807, 2.05) is 37.4 Å². The van der Waals surface area contributed by atoms with Crippen LogP contribution in [0.15, 0.2) is 44.7 Å². The first-order valence-corrected chi connectivity index (χ1v) is 9.57. The van der Waals surface area contributed by atoms with E-state index < -0.39 is 0 Å². The zero-order valence-corrected chi connectivity index (χ0v) is 15.9. The van der Waals surface area contributed by atoms with Gasteiger partial charge in [-0.3, -0.25) is 14.2 Å². The van der Waals surface area contributed by atoms with Crippen molar-refractivity contribution in [2.75, 3.05) is 6.26 Å². The number of benzene rings is 1. The van der Waals surface area contributed by atoms with Gasteiger partial charge in [0.15, 0.2) is 0 Å². The summed E-state index contributed by atoms with van der Waals surface area (Å²) in [6.07, 6.45) is 3.67. The van der Waals surface area contributed by atoms with Gasteiger partial charge in [-0.05, 0) is 37.8 Å². The van der Waals surface area contributed by atoms with Crippen LogP contribution in [0.1, 0.15) is 23.3 Å². The molecule has 0 spiro atoms. The monoisotopic (exact) mass is 371 g/mol.